The van der Waals surface area contributed by atoms with E-state index in [0.717, 1.165) is 44.4 Å². The van der Waals surface area contributed by atoms with Crippen molar-refractivity contribution in [1.82, 2.24) is 0 Å². The van der Waals surface area contributed by atoms with Gasteiger partial charge in [0, 0.05) is 18.7 Å². The van der Waals surface area contributed by atoms with Crippen LogP contribution in [0.4, 0.5) is 14.5 Å². The smallest absolute Gasteiger partial charge is 0.150 e. The van der Waals surface area contributed by atoms with E-state index in [2.05, 4.69) is 5.32 Å². The highest BCUT2D eigenvalue weighted by Gasteiger charge is 2.15. The molecule has 2 rings (SSSR count). The minimum absolute atomic E-state index is 0.0232. The van der Waals surface area contributed by atoms with Gasteiger partial charge in [0.15, 0.2) is 0 Å². The first-order chi connectivity index (χ1) is 9.58. The van der Waals surface area contributed by atoms with Gasteiger partial charge in [0.05, 0.1) is 6.10 Å². The zero-order valence-corrected chi connectivity index (χ0v) is 11.9. The third-order valence-electron chi connectivity index (χ3n) is 3.37. The van der Waals surface area contributed by atoms with Crippen LogP contribution in [0.1, 0.15) is 31.2 Å². The zero-order chi connectivity index (χ0) is 14.5. The summed E-state index contributed by atoms with van der Waals surface area (Å²) in [5.41, 5.74) is 5.41. The molecule has 20 heavy (non-hydrogen) atoms. The van der Waals surface area contributed by atoms with Gasteiger partial charge in [-0.15, -0.1) is 0 Å². The Hall–Kier alpha value is -1.27. The molecule has 0 aliphatic carbocycles. The second kappa shape index (κ2) is 6.95. The lowest BCUT2D eigenvalue weighted by molar-refractivity contribution is 0.0134. The van der Waals surface area contributed by atoms with Crippen LogP contribution in [-0.2, 0) is 4.74 Å². The molecule has 1 atom stereocenters. The third kappa shape index (κ3) is 3.86. The Bertz CT molecular complexity index is 467. The Morgan fingerprint density at radius 3 is 2.60 bits per heavy atom. The number of nitrogens with two attached hydrogens (primary N) is 1. The predicted molar refractivity (Wildman–Crippen MR) is 78.9 cm³/mol. The molecule has 1 saturated heterocycles. The van der Waals surface area contributed by atoms with Gasteiger partial charge in [-0.1, -0.05) is 12.2 Å². The fourth-order valence-electron chi connectivity index (χ4n) is 2.28. The second-order valence-electron chi connectivity index (χ2n) is 4.88. The summed E-state index contributed by atoms with van der Waals surface area (Å²) in [5, 5.41) is 2.78. The average molecular weight is 300 g/mol. The van der Waals surface area contributed by atoms with Crippen molar-refractivity contribution in [3.63, 3.8) is 0 Å². The highest BCUT2D eigenvalue weighted by Crippen LogP contribution is 2.22. The number of benzene rings is 1. The molecule has 1 aliphatic heterocycles. The second-order valence-corrected chi connectivity index (χ2v) is 5.32. The lowest BCUT2D eigenvalue weighted by atomic mass is 10.1. The molecule has 1 unspecified atom stereocenters. The van der Waals surface area contributed by atoms with Gasteiger partial charge in [-0.2, -0.15) is 0 Å². The van der Waals surface area contributed by atoms with Gasteiger partial charge >= 0.3 is 0 Å². The van der Waals surface area contributed by atoms with Gasteiger partial charge in [-0.05, 0) is 37.8 Å². The Morgan fingerprint density at radius 1 is 1.35 bits per heavy atom. The van der Waals surface area contributed by atoms with Crippen molar-refractivity contribution in [2.45, 2.75) is 31.8 Å². The van der Waals surface area contributed by atoms with Crippen molar-refractivity contribution in [2.75, 3.05) is 18.5 Å². The van der Waals surface area contributed by atoms with Crippen LogP contribution < -0.4 is 11.1 Å². The van der Waals surface area contributed by atoms with Crippen molar-refractivity contribution in [2.24, 2.45) is 5.73 Å². The van der Waals surface area contributed by atoms with Gasteiger partial charge in [0.25, 0.3) is 0 Å². The van der Waals surface area contributed by atoms with Crippen LogP contribution in [0.2, 0.25) is 0 Å². The molecule has 110 valence electrons. The van der Waals surface area contributed by atoms with Gasteiger partial charge < -0.3 is 15.8 Å². The molecular formula is C14H18F2N2OS. The Kier molecular flexibility index (Phi) is 5.25. The highest BCUT2D eigenvalue weighted by atomic mass is 32.1. The first-order valence-corrected chi connectivity index (χ1v) is 7.13. The molecule has 0 aromatic heterocycles. The van der Waals surface area contributed by atoms with Crippen LogP contribution in [0.15, 0.2) is 12.1 Å². The van der Waals surface area contributed by atoms with E-state index in [0.29, 0.717) is 6.54 Å². The molecule has 6 heteroatoms. The van der Waals surface area contributed by atoms with E-state index < -0.39 is 11.6 Å². The lowest BCUT2D eigenvalue weighted by Gasteiger charge is -2.22. The largest absolute Gasteiger partial charge is 0.389 e. The normalized spacial score (nSPS) is 18.8. The molecule has 0 amide bonds. The van der Waals surface area contributed by atoms with Crippen LogP contribution in [0, 0.1) is 11.6 Å². The summed E-state index contributed by atoms with van der Waals surface area (Å²) in [6, 6.07) is 2.29. The quantitative estimate of drug-likeness (QED) is 0.821. The molecule has 0 bridgehead atoms. The molecule has 1 fully saturated rings. The molecule has 3 N–H and O–H groups in total. The number of hydrogen-bond donors (Lipinski definition) is 2. The summed E-state index contributed by atoms with van der Waals surface area (Å²) in [6.45, 7) is 1.24. The monoisotopic (exact) mass is 300 g/mol. The van der Waals surface area contributed by atoms with Crippen molar-refractivity contribution < 1.29 is 13.5 Å². The number of ether oxygens (including phenoxy) is 1. The van der Waals surface area contributed by atoms with Crippen LogP contribution in [0.25, 0.3) is 0 Å². The summed E-state index contributed by atoms with van der Waals surface area (Å²) < 4.78 is 33.1. The Labute approximate surface area is 122 Å². The van der Waals surface area contributed by atoms with Gasteiger partial charge in [-0.3, -0.25) is 0 Å². The Balaban J connectivity index is 1.93. The molecule has 0 saturated carbocycles. The number of nitrogens with one attached hydrogen (secondary N) is 1. The summed E-state index contributed by atoms with van der Waals surface area (Å²) in [4.78, 5) is -0.0232. The minimum Gasteiger partial charge on any atom is -0.389 e. The first kappa shape index (κ1) is 15.1. The predicted octanol–water partition coefficient (Wildman–Crippen LogP) is 2.97. The van der Waals surface area contributed by atoms with Crippen LogP contribution in [-0.4, -0.2) is 24.2 Å². The van der Waals surface area contributed by atoms with Gasteiger partial charge in [0.1, 0.15) is 22.3 Å². The van der Waals surface area contributed by atoms with E-state index in [4.69, 9.17) is 22.7 Å². The maximum absolute atomic E-state index is 13.8. The molecule has 0 radical (unpaired) electrons. The molecular weight excluding hydrogens is 282 g/mol. The topological polar surface area (TPSA) is 47.3 Å². The van der Waals surface area contributed by atoms with Crippen molar-refractivity contribution in [3.8, 4) is 0 Å². The fourth-order valence-corrected chi connectivity index (χ4v) is 2.40. The standard InChI is InChI=1S/C14H18F2N2OS/c15-11-7-9(14(17)20)8-12(16)13(11)18-5-4-10-3-1-2-6-19-10/h7-8,10,18H,1-6H2,(H2,17,20). The molecule has 3 nitrogen and oxygen atoms in total. The number of rotatable bonds is 5. The lowest BCUT2D eigenvalue weighted by Crippen LogP contribution is -2.22. The summed E-state index contributed by atoms with van der Waals surface area (Å²) in [5.74, 6) is -1.37. The van der Waals surface area contributed by atoms with Crippen LogP contribution >= 0.6 is 12.2 Å². The highest BCUT2D eigenvalue weighted by molar-refractivity contribution is 7.80. The van der Waals surface area contributed by atoms with Crippen LogP contribution in [0.3, 0.4) is 0 Å². The van der Waals surface area contributed by atoms with Crippen LogP contribution in [0.5, 0.6) is 0 Å². The maximum Gasteiger partial charge on any atom is 0.150 e. The molecule has 1 aromatic carbocycles. The van der Waals surface area contributed by atoms with Crippen molar-refractivity contribution in [1.29, 1.82) is 0 Å². The Morgan fingerprint density at radius 2 is 2.05 bits per heavy atom. The molecule has 0 spiro atoms. The molecule has 1 heterocycles. The fraction of sp³-hybridized carbons (Fsp3) is 0.500. The zero-order valence-electron chi connectivity index (χ0n) is 11.1. The number of anilines is 1. The van der Waals surface area contributed by atoms with E-state index in [1.165, 1.54) is 0 Å². The first-order valence-electron chi connectivity index (χ1n) is 6.72. The molecule has 1 aliphatic rings. The van der Waals surface area contributed by atoms with Gasteiger partial charge in [0.2, 0.25) is 0 Å². The van der Waals surface area contributed by atoms with E-state index >= 15 is 0 Å². The third-order valence-corrected chi connectivity index (χ3v) is 3.60. The number of thiocarbonyl (C=S) groups is 1. The number of hydrogen-bond acceptors (Lipinski definition) is 3. The average Bonchev–Trinajstić information content (AvgIpc) is 2.42. The summed E-state index contributed by atoms with van der Waals surface area (Å²) in [6.07, 6.45) is 4.16. The maximum atomic E-state index is 13.8. The minimum atomic E-state index is -0.683. The molecule has 1 aromatic rings. The van der Waals surface area contributed by atoms with Crippen molar-refractivity contribution >= 4 is 22.9 Å². The summed E-state index contributed by atoms with van der Waals surface area (Å²) in [7, 11) is 0. The SMILES string of the molecule is NC(=S)c1cc(F)c(NCCC2CCCCO2)c(F)c1. The van der Waals surface area contributed by atoms with E-state index in [-0.39, 0.29) is 22.3 Å². The summed E-state index contributed by atoms with van der Waals surface area (Å²) >= 11 is 4.70. The number of halogens is 2. The van der Waals surface area contributed by atoms with Gasteiger partial charge in [-0.25, -0.2) is 8.78 Å². The van der Waals surface area contributed by atoms with E-state index in [1.54, 1.807) is 0 Å². The van der Waals surface area contributed by atoms with E-state index in [1.807, 2.05) is 0 Å². The van der Waals surface area contributed by atoms with Crippen molar-refractivity contribution in [3.05, 3.63) is 29.3 Å². The van der Waals surface area contributed by atoms with E-state index in [9.17, 15) is 8.78 Å².